The number of carbonyl (C=O) groups is 3. The van der Waals surface area contributed by atoms with Crippen LogP contribution in [0.3, 0.4) is 0 Å². The van der Waals surface area contributed by atoms with Gasteiger partial charge in [0, 0.05) is 12.6 Å². The first kappa shape index (κ1) is 28.1. The second kappa shape index (κ2) is 12.8. The Labute approximate surface area is 232 Å². The molecule has 1 atom stereocenters. The first-order valence-electron chi connectivity index (χ1n) is 13.2. The van der Waals surface area contributed by atoms with Crippen LogP contribution in [0, 0.1) is 6.92 Å². The molecule has 0 saturated heterocycles. The lowest BCUT2D eigenvalue weighted by molar-refractivity contribution is -0.126. The summed E-state index contributed by atoms with van der Waals surface area (Å²) in [6.07, 6.45) is 4.44. The molecule has 2 aromatic carbocycles. The van der Waals surface area contributed by atoms with E-state index in [1.807, 2.05) is 44.2 Å². The molecule has 5 N–H and O–H groups in total. The van der Waals surface area contributed by atoms with Gasteiger partial charge in [0.2, 0.25) is 5.91 Å². The van der Waals surface area contributed by atoms with E-state index in [4.69, 9.17) is 16.2 Å². The Bertz CT molecular complexity index is 1320. The second-order valence-corrected chi connectivity index (χ2v) is 10.5. The zero-order chi connectivity index (χ0) is 27.9. The van der Waals surface area contributed by atoms with E-state index in [1.54, 1.807) is 12.1 Å². The zero-order valence-corrected chi connectivity index (χ0v) is 23.1. The molecule has 9 nitrogen and oxygen atoms in total. The topological polar surface area (TPSA) is 141 Å². The van der Waals surface area contributed by atoms with E-state index in [9.17, 15) is 14.4 Å². The van der Waals surface area contributed by atoms with E-state index in [0.717, 1.165) is 48.3 Å². The minimum atomic E-state index is -0.933. The standard InChI is InChI=1S/C29H35N5O4S/c1-3-38-22-13-11-20(12-14-22)25(28(36)32-21-9-4-5-10-21)34(16-15-19-8-6-7-18(2)17-19)29(37)26-23(30)24(27(31)35)33-39-26/h6-8,11-14,17,21,25H,3-5,9-10,15-16,30H2,1-2H3,(H2,31,35)(H,32,36)/t25-/m1/s1. The highest BCUT2D eigenvalue weighted by Gasteiger charge is 2.35. The van der Waals surface area contributed by atoms with E-state index < -0.39 is 17.9 Å². The fraction of sp³-hybridized carbons (Fsp3) is 0.379. The zero-order valence-electron chi connectivity index (χ0n) is 22.3. The third-order valence-electron chi connectivity index (χ3n) is 6.91. The number of primary amides is 1. The Hall–Kier alpha value is -3.92. The van der Waals surface area contributed by atoms with Gasteiger partial charge >= 0.3 is 0 Å². The Morgan fingerprint density at radius 3 is 2.49 bits per heavy atom. The molecule has 4 rings (SSSR count). The lowest BCUT2D eigenvalue weighted by atomic mass is 10.0. The van der Waals surface area contributed by atoms with Crippen molar-refractivity contribution in [3.8, 4) is 5.75 Å². The van der Waals surface area contributed by atoms with E-state index in [1.165, 1.54) is 4.90 Å². The summed E-state index contributed by atoms with van der Waals surface area (Å²) in [6.45, 7) is 4.66. The molecule has 1 aliphatic carbocycles. The molecule has 3 amide bonds. The number of aryl methyl sites for hydroxylation is 1. The van der Waals surface area contributed by atoms with Crippen molar-refractivity contribution in [2.24, 2.45) is 5.73 Å². The minimum Gasteiger partial charge on any atom is -0.494 e. The van der Waals surface area contributed by atoms with Gasteiger partial charge in [-0.2, -0.15) is 4.37 Å². The second-order valence-electron chi connectivity index (χ2n) is 9.77. The van der Waals surface area contributed by atoms with Crippen LogP contribution in [0.5, 0.6) is 5.75 Å². The number of hydrogen-bond donors (Lipinski definition) is 3. The van der Waals surface area contributed by atoms with Crippen molar-refractivity contribution in [2.75, 3.05) is 18.9 Å². The summed E-state index contributed by atoms with van der Waals surface area (Å²) >= 11 is 0.813. The number of nitrogen functional groups attached to an aromatic ring is 1. The third-order valence-corrected chi connectivity index (χ3v) is 7.76. The van der Waals surface area contributed by atoms with Gasteiger partial charge < -0.3 is 26.4 Å². The van der Waals surface area contributed by atoms with Crippen LogP contribution < -0.4 is 21.5 Å². The van der Waals surface area contributed by atoms with Crippen LogP contribution in [0.4, 0.5) is 5.69 Å². The first-order chi connectivity index (χ1) is 18.8. The largest absolute Gasteiger partial charge is 0.494 e. The molecule has 1 fully saturated rings. The van der Waals surface area contributed by atoms with Gasteiger partial charge in [-0.25, -0.2) is 0 Å². The number of rotatable bonds is 11. The van der Waals surface area contributed by atoms with Gasteiger partial charge in [0.1, 0.15) is 16.7 Å². The number of amides is 3. The summed E-state index contributed by atoms with van der Waals surface area (Å²) in [5.41, 5.74) is 14.1. The molecule has 0 bridgehead atoms. The molecule has 1 saturated carbocycles. The van der Waals surface area contributed by atoms with Gasteiger partial charge in [0.25, 0.3) is 11.8 Å². The maximum Gasteiger partial charge on any atom is 0.270 e. The van der Waals surface area contributed by atoms with Crippen LogP contribution in [-0.4, -0.2) is 46.2 Å². The van der Waals surface area contributed by atoms with Crippen LogP contribution in [-0.2, 0) is 11.2 Å². The number of benzene rings is 2. The van der Waals surface area contributed by atoms with Gasteiger partial charge in [-0.15, -0.1) is 0 Å². The summed E-state index contributed by atoms with van der Waals surface area (Å²) in [7, 11) is 0. The van der Waals surface area contributed by atoms with Crippen molar-refractivity contribution in [1.82, 2.24) is 14.6 Å². The van der Waals surface area contributed by atoms with Crippen molar-refractivity contribution < 1.29 is 19.1 Å². The molecule has 3 aromatic rings. The molecule has 0 spiro atoms. The van der Waals surface area contributed by atoms with E-state index in [-0.39, 0.29) is 34.8 Å². The SMILES string of the molecule is CCOc1ccc([C@H](C(=O)NC2CCCC2)N(CCc2cccc(C)c2)C(=O)c2snc(C(N)=O)c2N)cc1. The summed E-state index contributed by atoms with van der Waals surface area (Å²) < 4.78 is 9.61. The Balaban J connectivity index is 1.75. The van der Waals surface area contributed by atoms with Gasteiger partial charge in [-0.1, -0.05) is 54.8 Å². The molecule has 39 heavy (non-hydrogen) atoms. The average molecular weight is 550 g/mol. The number of anilines is 1. The fourth-order valence-electron chi connectivity index (χ4n) is 4.96. The maximum atomic E-state index is 14.1. The quantitative estimate of drug-likeness (QED) is 0.330. The Morgan fingerprint density at radius 1 is 1.15 bits per heavy atom. The van der Waals surface area contributed by atoms with E-state index >= 15 is 0 Å². The Morgan fingerprint density at radius 2 is 1.87 bits per heavy atom. The highest BCUT2D eigenvalue weighted by molar-refractivity contribution is 7.09. The molecular weight excluding hydrogens is 514 g/mol. The molecule has 1 heterocycles. The van der Waals surface area contributed by atoms with Crippen molar-refractivity contribution in [2.45, 2.75) is 58.0 Å². The summed E-state index contributed by atoms with van der Waals surface area (Å²) in [4.78, 5) is 41.4. The highest BCUT2D eigenvalue weighted by Crippen LogP contribution is 2.31. The minimum absolute atomic E-state index is 0.0614. The van der Waals surface area contributed by atoms with Crippen molar-refractivity contribution in [3.63, 3.8) is 0 Å². The van der Waals surface area contributed by atoms with Crippen LogP contribution in [0.2, 0.25) is 0 Å². The lowest BCUT2D eigenvalue weighted by Crippen LogP contribution is -2.46. The summed E-state index contributed by atoms with van der Waals surface area (Å²) in [5, 5.41) is 3.17. The third kappa shape index (κ3) is 6.75. The van der Waals surface area contributed by atoms with Gasteiger partial charge in [0.15, 0.2) is 5.69 Å². The highest BCUT2D eigenvalue weighted by atomic mass is 32.1. The number of hydrogen-bond acceptors (Lipinski definition) is 7. The van der Waals surface area contributed by atoms with Gasteiger partial charge in [-0.05, 0) is 67.9 Å². The summed E-state index contributed by atoms with van der Waals surface area (Å²) in [6, 6.07) is 14.4. The monoisotopic (exact) mass is 549 g/mol. The molecule has 10 heteroatoms. The number of nitrogens with zero attached hydrogens (tertiary/aromatic N) is 2. The molecule has 0 aliphatic heterocycles. The fourth-order valence-corrected chi connectivity index (χ4v) is 5.72. The van der Waals surface area contributed by atoms with Crippen LogP contribution >= 0.6 is 11.5 Å². The molecular formula is C29H35N5O4S. The molecule has 0 unspecified atom stereocenters. The number of nitrogens with one attached hydrogen (secondary N) is 1. The van der Waals surface area contributed by atoms with Crippen LogP contribution in [0.1, 0.15) is 75.5 Å². The van der Waals surface area contributed by atoms with E-state index in [2.05, 4.69) is 15.8 Å². The van der Waals surface area contributed by atoms with E-state index in [0.29, 0.717) is 24.3 Å². The number of carbonyl (C=O) groups excluding carboxylic acids is 3. The smallest absolute Gasteiger partial charge is 0.270 e. The summed E-state index contributed by atoms with van der Waals surface area (Å²) in [5.74, 6) is -0.879. The van der Waals surface area contributed by atoms with Gasteiger partial charge in [0.05, 0.1) is 12.3 Å². The number of ether oxygens (including phenoxy) is 1. The molecule has 1 aromatic heterocycles. The lowest BCUT2D eigenvalue weighted by Gasteiger charge is -2.32. The average Bonchev–Trinajstić information content (AvgIpc) is 3.56. The molecule has 1 aliphatic rings. The van der Waals surface area contributed by atoms with Crippen molar-refractivity contribution in [1.29, 1.82) is 0 Å². The maximum absolute atomic E-state index is 14.1. The van der Waals surface area contributed by atoms with Crippen molar-refractivity contribution >= 4 is 34.9 Å². The predicted octanol–water partition coefficient (Wildman–Crippen LogP) is 4.02. The number of nitrogens with two attached hydrogens (primary N) is 2. The molecule has 206 valence electrons. The van der Waals surface area contributed by atoms with Crippen molar-refractivity contribution in [3.05, 3.63) is 75.8 Å². The Kier molecular flexibility index (Phi) is 9.19. The molecule has 0 radical (unpaired) electrons. The van der Waals surface area contributed by atoms with Crippen LogP contribution in [0.15, 0.2) is 48.5 Å². The number of aromatic nitrogens is 1. The first-order valence-corrected chi connectivity index (χ1v) is 14.0. The predicted molar refractivity (Wildman–Crippen MR) is 152 cm³/mol. The van der Waals surface area contributed by atoms with Crippen LogP contribution in [0.25, 0.3) is 0 Å². The van der Waals surface area contributed by atoms with Gasteiger partial charge in [-0.3, -0.25) is 14.4 Å². The normalized spacial score (nSPS) is 14.1.